The number of piperazine rings is 1. The Hall–Kier alpha value is -4.41. The fourth-order valence-electron chi connectivity index (χ4n) is 6.98. The summed E-state index contributed by atoms with van der Waals surface area (Å²) in [6.07, 6.45) is -1.08. The molecule has 0 aliphatic carbocycles. The summed E-state index contributed by atoms with van der Waals surface area (Å²) in [5.74, 6) is -0.752. The zero-order valence-corrected chi connectivity index (χ0v) is 28.0. The third kappa shape index (κ3) is 7.37. The van der Waals surface area contributed by atoms with E-state index < -0.39 is 34.7 Å². The predicted molar refractivity (Wildman–Crippen MR) is 178 cm³/mol. The van der Waals surface area contributed by atoms with Crippen molar-refractivity contribution in [3.8, 4) is 0 Å². The lowest BCUT2D eigenvalue weighted by molar-refractivity contribution is -0.138. The first-order chi connectivity index (χ1) is 24.0. The van der Waals surface area contributed by atoms with Crippen LogP contribution in [0.4, 0.5) is 24.8 Å². The lowest BCUT2D eigenvalue weighted by atomic mass is 10.0. The molecule has 3 saturated heterocycles. The number of halogens is 3. The van der Waals surface area contributed by atoms with E-state index in [0.29, 0.717) is 44.5 Å². The zero-order valence-electron chi connectivity index (χ0n) is 27.2. The number of benzene rings is 2. The highest BCUT2D eigenvalue weighted by atomic mass is 32.2. The predicted octanol–water partition coefficient (Wildman–Crippen LogP) is 3.18. The fourth-order valence-corrected chi connectivity index (χ4v) is 8.27. The van der Waals surface area contributed by atoms with Gasteiger partial charge in [-0.2, -0.15) is 13.2 Å². The molecule has 0 spiro atoms. The maximum Gasteiger partial charge on any atom is 0.419 e. The molecule has 4 aliphatic heterocycles. The summed E-state index contributed by atoms with van der Waals surface area (Å²) < 4.78 is 53.8. The second kappa shape index (κ2) is 14.1. The number of rotatable bonds is 8. The van der Waals surface area contributed by atoms with Crippen molar-refractivity contribution in [2.24, 2.45) is 0 Å². The van der Waals surface area contributed by atoms with Crippen LogP contribution in [0.15, 0.2) is 59.8 Å². The quantitative estimate of drug-likeness (QED) is 0.339. The average molecular weight is 711 g/mol. The van der Waals surface area contributed by atoms with Crippen LogP contribution >= 0.6 is 0 Å². The third-order valence-electron chi connectivity index (χ3n) is 9.75. The molecule has 264 valence electrons. The number of hydrogen-bond acceptors (Lipinski definition) is 9. The maximum atomic E-state index is 13.5. The van der Waals surface area contributed by atoms with Gasteiger partial charge in [0.15, 0.2) is 0 Å². The van der Waals surface area contributed by atoms with E-state index >= 15 is 0 Å². The van der Waals surface area contributed by atoms with Crippen molar-refractivity contribution in [2.45, 2.75) is 61.9 Å². The highest BCUT2D eigenvalue weighted by Crippen LogP contribution is 2.32. The van der Waals surface area contributed by atoms with Crippen molar-refractivity contribution in [3.05, 3.63) is 77.1 Å². The largest absolute Gasteiger partial charge is 0.419 e. The topological polar surface area (TPSA) is 131 Å². The Morgan fingerprint density at radius 3 is 2.36 bits per heavy atom. The first-order valence-corrected chi connectivity index (χ1v) is 17.8. The number of imide groups is 1. The lowest BCUT2D eigenvalue weighted by Gasteiger charge is -2.36. The molecular formula is C34H37F3N8O4S. The van der Waals surface area contributed by atoms with Gasteiger partial charge in [-0.15, -0.1) is 0 Å². The molecule has 50 heavy (non-hydrogen) atoms. The number of piperidine rings is 2. The van der Waals surface area contributed by atoms with Gasteiger partial charge in [0.2, 0.25) is 17.8 Å². The number of hydrogen-bond donors (Lipinski definition) is 2. The lowest BCUT2D eigenvalue weighted by Crippen LogP contribution is -2.52. The van der Waals surface area contributed by atoms with E-state index in [1.54, 1.807) is 4.90 Å². The van der Waals surface area contributed by atoms with Crippen molar-refractivity contribution >= 4 is 40.3 Å². The van der Waals surface area contributed by atoms with Crippen LogP contribution in [0.1, 0.15) is 52.7 Å². The summed E-state index contributed by atoms with van der Waals surface area (Å²) in [6, 6.07) is 13.0. The Kier molecular flexibility index (Phi) is 9.59. The monoisotopic (exact) mass is 710 g/mol. The fraction of sp³-hybridized carbons (Fsp3) is 0.441. The number of alkyl halides is 3. The number of nitrogens with one attached hydrogen (secondary N) is 2. The molecule has 12 nitrogen and oxygen atoms in total. The van der Waals surface area contributed by atoms with E-state index in [1.165, 1.54) is 0 Å². The highest BCUT2D eigenvalue weighted by molar-refractivity contribution is 7.82. The normalized spacial score (nSPS) is 21.7. The van der Waals surface area contributed by atoms with Gasteiger partial charge in [0.05, 0.1) is 10.5 Å². The molecule has 2 unspecified atom stereocenters. The summed E-state index contributed by atoms with van der Waals surface area (Å²) in [7, 11) is -1.34. The van der Waals surface area contributed by atoms with Gasteiger partial charge in [-0.25, -0.2) is 18.5 Å². The van der Waals surface area contributed by atoms with Crippen LogP contribution in [0.3, 0.4) is 0 Å². The number of nitrogens with zero attached hydrogens (tertiary/aromatic N) is 6. The Bertz CT molecular complexity index is 1790. The molecule has 0 radical (unpaired) electrons. The van der Waals surface area contributed by atoms with Gasteiger partial charge >= 0.3 is 6.18 Å². The summed E-state index contributed by atoms with van der Waals surface area (Å²) in [6.45, 7) is 5.44. The van der Waals surface area contributed by atoms with E-state index in [-0.39, 0.29) is 30.2 Å². The van der Waals surface area contributed by atoms with Crippen molar-refractivity contribution in [1.82, 2.24) is 29.4 Å². The molecule has 0 bridgehead atoms. The summed E-state index contributed by atoms with van der Waals surface area (Å²) >= 11 is 0. The van der Waals surface area contributed by atoms with Crippen LogP contribution in [-0.2, 0) is 39.8 Å². The van der Waals surface area contributed by atoms with Crippen LogP contribution < -0.4 is 15.5 Å². The number of amides is 3. The van der Waals surface area contributed by atoms with Gasteiger partial charge in [0.25, 0.3) is 5.91 Å². The Morgan fingerprint density at radius 1 is 0.920 bits per heavy atom. The highest BCUT2D eigenvalue weighted by Gasteiger charge is 2.39. The number of carbonyl (C=O) groups excluding carboxylic acids is 3. The van der Waals surface area contributed by atoms with Crippen molar-refractivity contribution in [3.63, 3.8) is 0 Å². The van der Waals surface area contributed by atoms with Crippen LogP contribution in [0.5, 0.6) is 0 Å². The summed E-state index contributed by atoms with van der Waals surface area (Å²) in [4.78, 5) is 51.6. The molecule has 0 saturated carbocycles. The zero-order chi connectivity index (χ0) is 35.0. The van der Waals surface area contributed by atoms with Crippen LogP contribution in [0.25, 0.3) is 0 Å². The number of carbonyl (C=O) groups is 3. The second-order valence-corrected chi connectivity index (χ2v) is 14.5. The van der Waals surface area contributed by atoms with Crippen LogP contribution in [-0.4, -0.2) is 97.4 Å². The number of aromatic nitrogens is 2. The molecule has 3 amide bonds. The first-order valence-electron chi connectivity index (χ1n) is 16.7. The molecule has 1 aromatic heterocycles. The van der Waals surface area contributed by atoms with Gasteiger partial charge in [0.1, 0.15) is 17.0 Å². The standard InChI is InChI=1S/C34H37F3N8O4S/c35-34(36,37)24-18-38-33(39-19-24)40-25-8-10-44(11-9-25)50(49)27-3-1-2-22(16-27)20-42-12-14-43(15-13-42)26-4-5-28-23(17-26)21-45(32(28)48)29-6-7-30(46)41-31(29)47/h1-5,16-19,25,29H,6-15,20-21H2,(H,38,39,40)(H,41,46,47). The third-order valence-corrected chi connectivity index (χ3v) is 11.2. The molecule has 2 N–H and O–H groups in total. The molecule has 4 aliphatic rings. The molecule has 2 aromatic carbocycles. The van der Waals surface area contributed by atoms with Crippen LogP contribution in [0.2, 0.25) is 0 Å². The van der Waals surface area contributed by atoms with Gasteiger partial charge < -0.3 is 15.1 Å². The molecule has 2 atom stereocenters. The van der Waals surface area contributed by atoms with E-state index in [0.717, 1.165) is 66.8 Å². The smallest absolute Gasteiger partial charge is 0.369 e. The molecule has 5 heterocycles. The maximum absolute atomic E-state index is 13.5. The van der Waals surface area contributed by atoms with Gasteiger partial charge in [0, 0.05) is 88.5 Å². The minimum Gasteiger partial charge on any atom is -0.369 e. The van der Waals surface area contributed by atoms with Gasteiger partial charge in [-0.3, -0.25) is 24.6 Å². The Labute approximate surface area is 289 Å². The number of fused-ring (bicyclic) bond motifs is 1. The van der Waals surface area contributed by atoms with E-state index in [4.69, 9.17) is 0 Å². The first kappa shape index (κ1) is 34.1. The minimum absolute atomic E-state index is 0.0307. The molecule has 16 heteroatoms. The summed E-state index contributed by atoms with van der Waals surface area (Å²) in [5.41, 5.74) is 2.70. The number of anilines is 2. The van der Waals surface area contributed by atoms with Crippen LogP contribution in [0, 0.1) is 0 Å². The molecule has 7 rings (SSSR count). The van der Waals surface area contributed by atoms with E-state index in [1.807, 2.05) is 46.8 Å². The van der Waals surface area contributed by atoms with Crippen molar-refractivity contribution in [2.75, 3.05) is 49.5 Å². The molecule has 3 fully saturated rings. The van der Waals surface area contributed by atoms with Crippen molar-refractivity contribution in [1.29, 1.82) is 0 Å². The molecule has 3 aromatic rings. The second-order valence-electron chi connectivity index (χ2n) is 13.0. The SMILES string of the molecule is O=C1CCC(N2Cc3cc(N4CCN(Cc5cccc(S(=O)N6CCC(Nc7ncc(C(F)(F)F)cn7)CC6)c5)CC4)ccc3C2=O)C(=O)N1. The summed E-state index contributed by atoms with van der Waals surface area (Å²) in [5, 5.41) is 5.44. The van der Waals surface area contributed by atoms with Gasteiger partial charge in [-0.05, 0) is 60.7 Å². The molecular weight excluding hydrogens is 673 g/mol. The van der Waals surface area contributed by atoms with E-state index in [9.17, 15) is 31.8 Å². The van der Waals surface area contributed by atoms with Gasteiger partial charge in [-0.1, -0.05) is 12.1 Å². The minimum atomic E-state index is -4.48. The Balaban J connectivity index is 0.888. The van der Waals surface area contributed by atoms with Crippen molar-refractivity contribution < 1.29 is 31.8 Å². The average Bonchev–Trinajstić information content (AvgIpc) is 3.43. The van der Waals surface area contributed by atoms with E-state index in [2.05, 4.69) is 30.4 Å². The Morgan fingerprint density at radius 2 is 1.66 bits per heavy atom.